The van der Waals surface area contributed by atoms with Gasteiger partial charge in [-0.3, -0.25) is 9.52 Å². The molecule has 3 N–H and O–H groups in total. The number of hydrogen-bond acceptors (Lipinski definition) is 6. The Morgan fingerprint density at radius 1 is 1.10 bits per heavy atom. The van der Waals surface area contributed by atoms with Crippen molar-refractivity contribution in [2.75, 3.05) is 23.1 Å². The minimum atomic E-state index is -5.08. The first kappa shape index (κ1) is 30.0. The Bertz CT molecular complexity index is 1590. The van der Waals surface area contributed by atoms with E-state index in [0.717, 1.165) is 8.87 Å². The minimum absolute atomic E-state index is 0.0704. The first-order chi connectivity index (χ1) is 18.0. The summed E-state index contributed by atoms with van der Waals surface area (Å²) in [5, 5.41) is 8.60. The molecule has 2 heterocycles. The highest BCUT2D eigenvalue weighted by Gasteiger charge is 2.38. The summed E-state index contributed by atoms with van der Waals surface area (Å²) in [5.41, 5.74) is -2.09. The Kier molecular flexibility index (Phi) is 8.66. The van der Waals surface area contributed by atoms with Crippen LogP contribution in [0.2, 0.25) is 5.02 Å². The van der Waals surface area contributed by atoms with Crippen molar-refractivity contribution in [3.05, 3.63) is 57.4 Å². The van der Waals surface area contributed by atoms with Crippen molar-refractivity contribution in [3.8, 4) is 0 Å². The number of halogens is 7. The van der Waals surface area contributed by atoms with Gasteiger partial charge < -0.3 is 15.0 Å². The summed E-state index contributed by atoms with van der Waals surface area (Å²) in [4.78, 5) is 25.1. The van der Waals surface area contributed by atoms with Gasteiger partial charge in [0.2, 0.25) is 0 Å². The summed E-state index contributed by atoms with van der Waals surface area (Å²) in [6.45, 7) is 0.570. The van der Waals surface area contributed by atoms with Crippen LogP contribution in [0.3, 0.4) is 0 Å². The number of rotatable bonds is 5. The van der Waals surface area contributed by atoms with Gasteiger partial charge in [0.05, 0.1) is 33.9 Å². The van der Waals surface area contributed by atoms with Crippen LogP contribution in [-0.2, 0) is 22.1 Å². The molecule has 1 aliphatic rings. The van der Waals surface area contributed by atoms with E-state index in [2.05, 4.69) is 15.0 Å². The van der Waals surface area contributed by atoms with Crippen LogP contribution in [0.5, 0.6) is 0 Å². The monoisotopic (exact) mass is 601 g/mol. The molecule has 18 heteroatoms. The van der Waals surface area contributed by atoms with Crippen molar-refractivity contribution in [2.24, 2.45) is 7.05 Å². The zero-order chi connectivity index (χ0) is 29.3. The van der Waals surface area contributed by atoms with Gasteiger partial charge in [-0.05, 0) is 25.0 Å². The summed E-state index contributed by atoms with van der Waals surface area (Å²) in [5.74, 6) is -6.66. The van der Waals surface area contributed by atoms with Crippen molar-refractivity contribution in [2.45, 2.75) is 19.0 Å². The highest BCUT2D eigenvalue weighted by atomic mass is 35.5. The molecule has 0 radical (unpaired) electrons. The molecule has 0 atom stereocenters. The Labute approximate surface area is 221 Å². The van der Waals surface area contributed by atoms with Crippen molar-refractivity contribution < 1.29 is 44.7 Å². The molecule has 0 aliphatic carbocycles. The lowest BCUT2D eigenvalue weighted by atomic mass is 10.2. The molecule has 10 nitrogen and oxygen atoms in total. The molecule has 1 aromatic heterocycles. The van der Waals surface area contributed by atoms with E-state index in [9.17, 15) is 35.2 Å². The number of carboxylic acids is 1. The molecule has 0 saturated carbocycles. The van der Waals surface area contributed by atoms with E-state index in [4.69, 9.17) is 21.5 Å². The number of carbonyl (C=O) groups is 1. The van der Waals surface area contributed by atoms with E-state index in [1.54, 1.807) is 0 Å². The van der Waals surface area contributed by atoms with E-state index < -0.39 is 61.8 Å². The molecule has 212 valence electrons. The fourth-order valence-electron chi connectivity index (χ4n) is 3.41. The lowest BCUT2D eigenvalue weighted by Crippen LogP contribution is -2.33. The molecule has 0 bridgehead atoms. The Hall–Kier alpha value is -3.57. The number of alkyl halides is 3. The van der Waals surface area contributed by atoms with Gasteiger partial charge in [0.15, 0.2) is 17.5 Å². The topological polar surface area (TPSA) is 134 Å². The smallest absolute Gasteiger partial charge is 0.475 e. The normalized spacial score (nSPS) is 14.2. The highest BCUT2D eigenvalue weighted by Crippen LogP contribution is 2.38. The number of nitrogens with zero attached hydrogens (tertiary/aromatic N) is 3. The van der Waals surface area contributed by atoms with Crippen LogP contribution in [0.25, 0.3) is 10.9 Å². The number of anilines is 3. The predicted molar refractivity (Wildman–Crippen MR) is 129 cm³/mol. The molecule has 0 spiro atoms. The van der Waals surface area contributed by atoms with E-state index in [0.29, 0.717) is 18.9 Å². The molecule has 1 aliphatic heterocycles. The van der Waals surface area contributed by atoms with Crippen molar-refractivity contribution in [1.29, 1.82) is 0 Å². The minimum Gasteiger partial charge on any atom is -0.475 e. The zero-order valence-electron chi connectivity index (χ0n) is 19.6. The summed E-state index contributed by atoms with van der Waals surface area (Å²) in [6.07, 6.45) is -2.51. The molecule has 1 fully saturated rings. The number of aryl methyl sites for hydroxylation is 1. The Balaban J connectivity index is 0.000000532. The van der Waals surface area contributed by atoms with Crippen LogP contribution in [-0.4, -0.2) is 52.6 Å². The molecule has 2 aromatic carbocycles. The highest BCUT2D eigenvalue weighted by molar-refractivity contribution is 7.90. The Morgan fingerprint density at radius 3 is 2.26 bits per heavy atom. The average Bonchev–Trinajstić information content (AvgIpc) is 3.40. The predicted octanol–water partition coefficient (Wildman–Crippen LogP) is 4.13. The number of aromatic nitrogens is 2. The summed E-state index contributed by atoms with van der Waals surface area (Å²) in [7, 11) is -2.66. The largest absolute Gasteiger partial charge is 0.490 e. The maximum atomic E-state index is 15.0. The second-order valence-corrected chi connectivity index (χ2v) is 10.1. The van der Waals surface area contributed by atoms with Crippen molar-refractivity contribution in [1.82, 2.24) is 13.9 Å². The third-order valence-corrected chi connectivity index (χ3v) is 7.24. The standard InChI is InChI=1S/C19H17ClF3N5O3S.C2HF3O2/c1-27-9-24-11-4-5-12(17(23)14(11)19(27)29)25-18-15(20)13(8-10(21)16(18)22)26-32(30,31)28-6-2-3-7-28;3-2(4,5)1(6)7/h4-5,8-9,25-26H,2-3,6-7H2,1H3;(H,6,7). The lowest BCUT2D eigenvalue weighted by Gasteiger charge is -2.19. The summed E-state index contributed by atoms with van der Waals surface area (Å²) < 4.78 is 105. The molecule has 4 rings (SSSR count). The van der Waals surface area contributed by atoms with E-state index in [-0.39, 0.29) is 29.7 Å². The molecule has 0 unspecified atom stereocenters. The second-order valence-electron chi connectivity index (χ2n) is 8.03. The molecule has 39 heavy (non-hydrogen) atoms. The number of benzene rings is 2. The zero-order valence-corrected chi connectivity index (χ0v) is 21.2. The molecule has 1 saturated heterocycles. The molecular formula is C21H18ClF6N5O5S. The number of nitrogens with one attached hydrogen (secondary N) is 2. The van der Waals surface area contributed by atoms with Crippen LogP contribution in [0.15, 0.2) is 29.3 Å². The van der Waals surface area contributed by atoms with Crippen LogP contribution >= 0.6 is 11.6 Å². The van der Waals surface area contributed by atoms with Crippen LogP contribution in [0.1, 0.15) is 12.8 Å². The first-order valence-corrected chi connectivity index (χ1v) is 12.5. The third kappa shape index (κ3) is 6.54. The third-order valence-electron chi connectivity index (χ3n) is 5.33. The van der Waals surface area contributed by atoms with E-state index >= 15 is 4.39 Å². The van der Waals surface area contributed by atoms with Gasteiger partial charge in [-0.25, -0.2) is 22.9 Å². The Morgan fingerprint density at radius 2 is 1.69 bits per heavy atom. The fraction of sp³-hybridized carbons (Fsp3) is 0.286. The number of fused-ring (bicyclic) bond motifs is 1. The second kappa shape index (κ2) is 11.3. The van der Waals surface area contributed by atoms with Gasteiger partial charge >= 0.3 is 22.4 Å². The molecular weight excluding hydrogens is 584 g/mol. The average molecular weight is 602 g/mol. The maximum absolute atomic E-state index is 15.0. The van der Waals surface area contributed by atoms with Gasteiger partial charge in [0.25, 0.3) is 5.56 Å². The lowest BCUT2D eigenvalue weighted by molar-refractivity contribution is -0.192. The van der Waals surface area contributed by atoms with Gasteiger partial charge in [0.1, 0.15) is 5.39 Å². The van der Waals surface area contributed by atoms with Gasteiger partial charge in [-0.15, -0.1) is 0 Å². The van der Waals surface area contributed by atoms with Crippen LogP contribution < -0.4 is 15.6 Å². The summed E-state index contributed by atoms with van der Waals surface area (Å²) >= 11 is 6.16. The van der Waals surface area contributed by atoms with Gasteiger partial charge in [-0.1, -0.05) is 11.6 Å². The van der Waals surface area contributed by atoms with E-state index in [1.165, 1.54) is 25.5 Å². The number of aliphatic carboxylic acids is 1. The SMILES string of the molecule is Cn1cnc2ccc(Nc3c(F)c(F)cc(NS(=O)(=O)N4CCCC4)c3Cl)c(F)c2c1=O.O=C(O)C(F)(F)F. The number of hydrogen-bond donors (Lipinski definition) is 3. The van der Waals surface area contributed by atoms with Gasteiger partial charge in [0, 0.05) is 26.2 Å². The van der Waals surface area contributed by atoms with Crippen molar-refractivity contribution in [3.63, 3.8) is 0 Å². The maximum Gasteiger partial charge on any atom is 0.490 e. The van der Waals surface area contributed by atoms with Crippen molar-refractivity contribution >= 4 is 55.7 Å². The summed E-state index contributed by atoms with van der Waals surface area (Å²) in [6, 6.07) is 3.11. The van der Waals surface area contributed by atoms with Gasteiger partial charge in [-0.2, -0.15) is 25.9 Å². The first-order valence-electron chi connectivity index (χ1n) is 10.7. The molecule has 3 aromatic rings. The number of carboxylic acid groups (broad SMARTS) is 1. The fourth-order valence-corrected chi connectivity index (χ4v) is 5.00. The molecule has 0 amide bonds. The quantitative estimate of drug-likeness (QED) is 0.296. The van der Waals surface area contributed by atoms with E-state index in [1.807, 2.05) is 0 Å². The van der Waals surface area contributed by atoms with Crippen LogP contribution in [0.4, 0.5) is 43.4 Å². The van der Waals surface area contributed by atoms with Crippen LogP contribution in [0, 0.1) is 17.5 Å².